The third-order valence-corrected chi connectivity index (χ3v) is 2.71. The van der Waals surface area contributed by atoms with Crippen LogP contribution in [-0.4, -0.2) is 10.9 Å². The van der Waals surface area contributed by atoms with Gasteiger partial charge in [0.2, 0.25) is 0 Å². The number of nitrogens with two attached hydrogens (primary N) is 1. The third-order valence-electron chi connectivity index (χ3n) is 2.10. The van der Waals surface area contributed by atoms with Crippen LogP contribution in [-0.2, 0) is 0 Å². The van der Waals surface area contributed by atoms with Gasteiger partial charge in [0.15, 0.2) is 0 Å². The summed E-state index contributed by atoms with van der Waals surface area (Å²) in [5.74, 6) is 4.52. The Bertz CT molecular complexity index is 571. The molecule has 1 heterocycles. The molecule has 0 bridgehead atoms. The standard InChI is InChI=1S/C10H7Cl2N3O/c11-5-2-1-3-7-9(5)6(12)4-8(14-7)10(16)15-13/h1-4H,13H2,(H,15,16). The fourth-order valence-corrected chi connectivity index (χ4v) is 2.01. The van der Waals surface area contributed by atoms with Gasteiger partial charge in [0.05, 0.1) is 15.6 Å². The summed E-state index contributed by atoms with van der Waals surface area (Å²) in [6.07, 6.45) is 0. The number of aromatic nitrogens is 1. The number of amides is 1. The van der Waals surface area contributed by atoms with E-state index in [9.17, 15) is 4.79 Å². The van der Waals surface area contributed by atoms with E-state index in [0.29, 0.717) is 20.9 Å². The maximum absolute atomic E-state index is 11.3. The number of hydrogen-bond donors (Lipinski definition) is 2. The molecule has 0 saturated carbocycles. The van der Waals surface area contributed by atoms with Gasteiger partial charge in [0, 0.05) is 5.39 Å². The second-order valence-electron chi connectivity index (χ2n) is 3.10. The molecule has 1 aromatic heterocycles. The van der Waals surface area contributed by atoms with Gasteiger partial charge in [-0.15, -0.1) is 0 Å². The first-order valence-corrected chi connectivity index (χ1v) is 5.15. The minimum Gasteiger partial charge on any atom is -0.289 e. The molecule has 2 rings (SSSR count). The lowest BCUT2D eigenvalue weighted by atomic mass is 10.2. The Balaban J connectivity index is 2.73. The molecule has 0 atom stereocenters. The monoisotopic (exact) mass is 255 g/mol. The molecule has 16 heavy (non-hydrogen) atoms. The van der Waals surface area contributed by atoms with Crippen LogP contribution in [0.4, 0.5) is 0 Å². The molecular formula is C10H7Cl2N3O. The number of benzene rings is 1. The van der Waals surface area contributed by atoms with E-state index in [1.807, 2.05) is 5.43 Å². The summed E-state index contributed by atoms with van der Waals surface area (Å²) in [6.45, 7) is 0. The normalized spacial score (nSPS) is 10.4. The minimum absolute atomic E-state index is 0.155. The lowest BCUT2D eigenvalue weighted by Gasteiger charge is -2.05. The van der Waals surface area contributed by atoms with E-state index in [4.69, 9.17) is 29.0 Å². The van der Waals surface area contributed by atoms with E-state index in [1.54, 1.807) is 18.2 Å². The van der Waals surface area contributed by atoms with Crippen molar-refractivity contribution in [2.45, 2.75) is 0 Å². The van der Waals surface area contributed by atoms with Crippen molar-refractivity contribution in [3.8, 4) is 0 Å². The number of halogens is 2. The molecule has 0 spiro atoms. The number of pyridine rings is 1. The van der Waals surface area contributed by atoms with E-state index >= 15 is 0 Å². The lowest BCUT2D eigenvalue weighted by Crippen LogP contribution is -2.30. The highest BCUT2D eigenvalue weighted by atomic mass is 35.5. The molecule has 0 aliphatic heterocycles. The lowest BCUT2D eigenvalue weighted by molar-refractivity contribution is 0.0949. The van der Waals surface area contributed by atoms with Gasteiger partial charge < -0.3 is 0 Å². The maximum Gasteiger partial charge on any atom is 0.283 e. The first-order chi connectivity index (χ1) is 7.63. The van der Waals surface area contributed by atoms with Crippen molar-refractivity contribution < 1.29 is 4.79 Å². The first-order valence-electron chi connectivity index (χ1n) is 4.39. The SMILES string of the molecule is NNC(=O)c1cc(Cl)c2c(Cl)cccc2n1. The van der Waals surface area contributed by atoms with Crippen LogP contribution < -0.4 is 11.3 Å². The number of fused-ring (bicyclic) bond motifs is 1. The molecule has 0 aliphatic rings. The zero-order valence-corrected chi connectivity index (χ0v) is 9.51. The van der Waals surface area contributed by atoms with Crippen LogP contribution >= 0.6 is 23.2 Å². The van der Waals surface area contributed by atoms with Crippen molar-refractivity contribution in [2.75, 3.05) is 0 Å². The van der Waals surface area contributed by atoms with Gasteiger partial charge in [-0.1, -0.05) is 29.3 Å². The Hall–Kier alpha value is -1.36. The van der Waals surface area contributed by atoms with Gasteiger partial charge in [-0.3, -0.25) is 10.2 Å². The van der Waals surface area contributed by atoms with Crippen molar-refractivity contribution in [3.63, 3.8) is 0 Å². The fourth-order valence-electron chi connectivity index (χ4n) is 1.39. The smallest absolute Gasteiger partial charge is 0.283 e. The summed E-state index contributed by atoms with van der Waals surface area (Å²) in [6, 6.07) is 6.59. The number of nitrogen functional groups attached to an aromatic ring is 1. The van der Waals surface area contributed by atoms with Crippen molar-refractivity contribution in [1.82, 2.24) is 10.4 Å². The van der Waals surface area contributed by atoms with Gasteiger partial charge in [-0.25, -0.2) is 10.8 Å². The van der Waals surface area contributed by atoms with E-state index in [-0.39, 0.29) is 5.69 Å². The number of carbonyl (C=O) groups excluding carboxylic acids is 1. The van der Waals surface area contributed by atoms with E-state index in [0.717, 1.165) is 0 Å². The highest BCUT2D eigenvalue weighted by molar-refractivity contribution is 6.42. The summed E-state index contributed by atoms with van der Waals surface area (Å²) in [5.41, 5.74) is 2.70. The largest absolute Gasteiger partial charge is 0.289 e. The molecule has 6 heteroatoms. The van der Waals surface area contributed by atoms with Crippen molar-refractivity contribution in [3.05, 3.63) is 40.0 Å². The number of rotatable bonds is 1. The van der Waals surface area contributed by atoms with Crippen LogP contribution in [0.1, 0.15) is 10.5 Å². The molecule has 3 N–H and O–H groups in total. The Kier molecular flexibility index (Phi) is 2.96. The highest BCUT2D eigenvalue weighted by Crippen LogP contribution is 2.29. The van der Waals surface area contributed by atoms with Crippen LogP contribution in [0.3, 0.4) is 0 Å². The van der Waals surface area contributed by atoms with Gasteiger partial charge in [0.1, 0.15) is 5.69 Å². The molecule has 82 valence electrons. The molecule has 0 unspecified atom stereocenters. The molecule has 1 amide bonds. The Morgan fingerprint density at radius 2 is 2.06 bits per heavy atom. The molecule has 4 nitrogen and oxygen atoms in total. The number of nitrogens with one attached hydrogen (secondary N) is 1. The summed E-state index contributed by atoms with van der Waals surface area (Å²) >= 11 is 12.0. The van der Waals surface area contributed by atoms with E-state index < -0.39 is 5.91 Å². The highest BCUT2D eigenvalue weighted by Gasteiger charge is 2.11. The predicted molar refractivity (Wildman–Crippen MR) is 63.4 cm³/mol. The van der Waals surface area contributed by atoms with Crippen LogP contribution in [0.15, 0.2) is 24.3 Å². The van der Waals surface area contributed by atoms with Gasteiger partial charge in [-0.2, -0.15) is 0 Å². The van der Waals surface area contributed by atoms with Crippen molar-refractivity contribution >= 4 is 40.0 Å². The summed E-state index contributed by atoms with van der Waals surface area (Å²) in [5, 5.41) is 1.49. The predicted octanol–water partition coefficient (Wildman–Crippen LogP) is 2.15. The summed E-state index contributed by atoms with van der Waals surface area (Å²) < 4.78 is 0. The number of hydrogen-bond acceptors (Lipinski definition) is 3. The number of nitrogens with zero attached hydrogens (tertiary/aromatic N) is 1. The average Bonchev–Trinajstić information content (AvgIpc) is 2.27. The molecule has 2 aromatic rings. The summed E-state index contributed by atoms with van der Waals surface area (Å²) in [7, 11) is 0. The molecule has 0 aliphatic carbocycles. The Morgan fingerprint density at radius 3 is 2.75 bits per heavy atom. The topological polar surface area (TPSA) is 68.0 Å². The van der Waals surface area contributed by atoms with Gasteiger partial charge >= 0.3 is 0 Å². The summed E-state index contributed by atoms with van der Waals surface area (Å²) in [4.78, 5) is 15.4. The molecular weight excluding hydrogens is 249 g/mol. The average molecular weight is 256 g/mol. The van der Waals surface area contributed by atoms with Crippen LogP contribution in [0.25, 0.3) is 10.9 Å². The Morgan fingerprint density at radius 1 is 1.31 bits per heavy atom. The molecule has 0 fully saturated rings. The van der Waals surface area contributed by atoms with Crippen LogP contribution in [0.5, 0.6) is 0 Å². The zero-order valence-electron chi connectivity index (χ0n) is 8.00. The van der Waals surface area contributed by atoms with Gasteiger partial charge in [-0.05, 0) is 18.2 Å². The van der Waals surface area contributed by atoms with E-state index in [2.05, 4.69) is 4.98 Å². The van der Waals surface area contributed by atoms with Gasteiger partial charge in [0.25, 0.3) is 5.91 Å². The molecule has 0 saturated heterocycles. The molecule has 0 radical (unpaired) electrons. The quantitative estimate of drug-likeness (QED) is 0.466. The second-order valence-corrected chi connectivity index (χ2v) is 3.91. The third kappa shape index (κ3) is 1.82. The zero-order chi connectivity index (χ0) is 11.7. The Labute approximate surface area is 101 Å². The first kappa shape index (κ1) is 11.1. The van der Waals surface area contributed by atoms with Crippen LogP contribution in [0, 0.1) is 0 Å². The van der Waals surface area contributed by atoms with Crippen LogP contribution in [0.2, 0.25) is 10.0 Å². The van der Waals surface area contributed by atoms with Crippen molar-refractivity contribution in [1.29, 1.82) is 0 Å². The number of hydrazine groups is 1. The van der Waals surface area contributed by atoms with Crippen molar-refractivity contribution in [2.24, 2.45) is 5.84 Å². The fraction of sp³-hybridized carbons (Fsp3) is 0. The minimum atomic E-state index is -0.497. The second kappa shape index (κ2) is 4.25. The number of carbonyl (C=O) groups is 1. The molecule has 1 aromatic carbocycles. The van der Waals surface area contributed by atoms with E-state index in [1.165, 1.54) is 6.07 Å². The maximum atomic E-state index is 11.3.